The van der Waals surface area contributed by atoms with Crippen LogP contribution in [0.2, 0.25) is 0 Å². The first-order valence-corrected chi connectivity index (χ1v) is 8.95. The number of halogens is 1. The maximum atomic E-state index is 13.9. The molecule has 1 aliphatic rings. The second kappa shape index (κ2) is 9.02. The molecule has 24 heavy (non-hydrogen) atoms. The van der Waals surface area contributed by atoms with Gasteiger partial charge in [0.1, 0.15) is 5.82 Å². The molecule has 0 atom stereocenters. The lowest BCUT2D eigenvalue weighted by molar-refractivity contribution is 0.273. The number of piperidine rings is 1. The monoisotopic (exact) mass is 334 g/mol. The van der Waals surface area contributed by atoms with Crippen LogP contribution in [0, 0.1) is 11.7 Å². The van der Waals surface area contributed by atoms with Crippen molar-refractivity contribution >= 4 is 5.96 Å². The van der Waals surface area contributed by atoms with Crippen LogP contribution in [0.3, 0.4) is 0 Å². The summed E-state index contributed by atoms with van der Waals surface area (Å²) in [5.74, 6) is 1.63. The van der Waals surface area contributed by atoms with Crippen molar-refractivity contribution in [2.45, 2.75) is 39.8 Å². The van der Waals surface area contributed by atoms with Gasteiger partial charge in [-0.3, -0.25) is 0 Å². The Balaban J connectivity index is 2.08. The number of rotatable bonds is 5. The third-order valence-electron chi connectivity index (χ3n) is 4.43. The van der Waals surface area contributed by atoms with E-state index < -0.39 is 0 Å². The largest absolute Gasteiger partial charge is 0.357 e. The summed E-state index contributed by atoms with van der Waals surface area (Å²) in [6.07, 6.45) is 2.43. The molecule has 4 nitrogen and oxygen atoms in total. The molecule has 1 saturated heterocycles. The van der Waals surface area contributed by atoms with E-state index in [9.17, 15) is 4.39 Å². The molecule has 1 aliphatic heterocycles. The van der Waals surface area contributed by atoms with E-state index in [2.05, 4.69) is 24.1 Å². The predicted octanol–water partition coefficient (Wildman–Crippen LogP) is 3.08. The Morgan fingerprint density at radius 2 is 2.04 bits per heavy atom. The van der Waals surface area contributed by atoms with E-state index in [-0.39, 0.29) is 5.82 Å². The number of likely N-dealkylation sites (tertiary alicyclic amines) is 1. The third kappa shape index (κ3) is 5.48. The van der Waals surface area contributed by atoms with E-state index in [1.165, 1.54) is 12.8 Å². The van der Waals surface area contributed by atoms with Crippen LogP contribution in [0.15, 0.2) is 23.2 Å². The molecule has 0 amide bonds. The van der Waals surface area contributed by atoms with Crippen molar-refractivity contribution in [3.63, 3.8) is 0 Å². The van der Waals surface area contributed by atoms with Crippen LogP contribution in [0.4, 0.5) is 4.39 Å². The van der Waals surface area contributed by atoms with Gasteiger partial charge in [0.15, 0.2) is 5.96 Å². The molecule has 1 aromatic rings. The van der Waals surface area contributed by atoms with Crippen LogP contribution in [0.25, 0.3) is 0 Å². The highest BCUT2D eigenvalue weighted by molar-refractivity contribution is 5.80. The molecule has 0 unspecified atom stereocenters. The molecule has 0 aromatic heterocycles. The maximum absolute atomic E-state index is 13.9. The van der Waals surface area contributed by atoms with Gasteiger partial charge in [-0.15, -0.1) is 0 Å². The molecule has 0 radical (unpaired) electrons. The molecule has 134 valence electrons. The first-order valence-electron chi connectivity index (χ1n) is 8.95. The lowest BCUT2D eigenvalue weighted by atomic mass is 9.99. The zero-order valence-corrected chi connectivity index (χ0v) is 15.5. The van der Waals surface area contributed by atoms with Gasteiger partial charge < -0.3 is 15.1 Å². The average molecular weight is 334 g/mol. The normalized spacial score (nSPS) is 16.8. The Hall–Kier alpha value is -1.62. The highest BCUT2D eigenvalue weighted by atomic mass is 19.1. The first-order chi connectivity index (χ1) is 11.5. The first kappa shape index (κ1) is 18.7. The van der Waals surface area contributed by atoms with Crippen LogP contribution < -0.4 is 5.32 Å². The van der Waals surface area contributed by atoms with Crippen molar-refractivity contribution in [1.29, 1.82) is 0 Å². The van der Waals surface area contributed by atoms with E-state index in [1.807, 2.05) is 31.1 Å². The maximum Gasteiger partial charge on any atom is 0.194 e. The standard InChI is InChI=1S/C19H31FN4/c1-5-21-19(24-10-8-15(2)9-11-24)22-13-16-6-7-18(20)17(12-16)14-23(3)4/h6-7,12,15H,5,8-11,13-14H2,1-4H3,(H,21,22). The number of nitrogens with one attached hydrogen (secondary N) is 1. The third-order valence-corrected chi connectivity index (χ3v) is 4.43. The lowest BCUT2D eigenvalue weighted by Gasteiger charge is -2.33. The second-order valence-electron chi connectivity index (χ2n) is 7.00. The van der Waals surface area contributed by atoms with E-state index in [4.69, 9.17) is 4.99 Å². The predicted molar refractivity (Wildman–Crippen MR) is 98.6 cm³/mol. The molecule has 2 rings (SSSR count). The molecule has 1 N–H and O–H groups in total. The van der Waals surface area contributed by atoms with Crippen molar-refractivity contribution in [1.82, 2.24) is 15.1 Å². The number of aliphatic imine (C=N–C) groups is 1. The molecular weight excluding hydrogens is 303 g/mol. The van der Waals surface area contributed by atoms with Crippen LogP contribution in [0.1, 0.15) is 37.8 Å². The van der Waals surface area contributed by atoms with Crippen LogP contribution in [-0.4, -0.2) is 49.5 Å². The van der Waals surface area contributed by atoms with Gasteiger partial charge >= 0.3 is 0 Å². The fraction of sp³-hybridized carbons (Fsp3) is 0.632. The van der Waals surface area contributed by atoms with Crippen LogP contribution in [-0.2, 0) is 13.1 Å². The van der Waals surface area contributed by atoms with Gasteiger partial charge in [0.05, 0.1) is 6.54 Å². The molecule has 0 aliphatic carbocycles. The molecular formula is C19H31FN4. The van der Waals surface area contributed by atoms with E-state index >= 15 is 0 Å². The highest BCUT2D eigenvalue weighted by Gasteiger charge is 2.18. The van der Waals surface area contributed by atoms with Crippen molar-refractivity contribution < 1.29 is 4.39 Å². The van der Waals surface area contributed by atoms with Crippen molar-refractivity contribution in [3.05, 3.63) is 35.1 Å². The zero-order valence-electron chi connectivity index (χ0n) is 15.5. The average Bonchev–Trinajstić information content (AvgIpc) is 2.54. The number of guanidine groups is 1. The topological polar surface area (TPSA) is 30.9 Å². The minimum atomic E-state index is -0.145. The molecule has 5 heteroatoms. The summed E-state index contributed by atoms with van der Waals surface area (Å²) in [6, 6.07) is 5.32. The van der Waals surface area contributed by atoms with Crippen molar-refractivity contribution in [3.8, 4) is 0 Å². The van der Waals surface area contributed by atoms with Crippen LogP contribution in [0.5, 0.6) is 0 Å². The number of nitrogens with zero attached hydrogens (tertiary/aromatic N) is 3. The number of hydrogen-bond acceptors (Lipinski definition) is 2. The van der Waals surface area contributed by atoms with Crippen molar-refractivity contribution in [2.24, 2.45) is 10.9 Å². The smallest absolute Gasteiger partial charge is 0.194 e. The van der Waals surface area contributed by atoms with Gasteiger partial charge in [0.2, 0.25) is 0 Å². The van der Waals surface area contributed by atoms with Gasteiger partial charge in [-0.05, 0) is 57.5 Å². The lowest BCUT2D eigenvalue weighted by Crippen LogP contribution is -2.45. The molecule has 0 spiro atoms. The molecule has 1 fully saturated rings. The van der Waals surface area contributed by atoms with Gasteiger partial charge in [0.25, 0.3) is 0 Å². The van der Waals surface area contributed by atoms with Crippen molar-refractivity contribution in [2.75, 3.05) is 33.7 Å². The van der Waals surface area contributed by atoms with Gasteiger partial charge in [0, 0.05) is 31.7 Å². The fourth-order valence-corrected chi connectivity index (χ4v) is 3.00. The minimum Gasteiger partial charge on any atom is -0.357 e. The fourth-order valence-electron chi connectivity index (χ4n) is 3.00. The van der Waals surface area contributed by atoms with Gasteiger partial charge in [-0.25, -0.2) is 9.38 Å². The van der Waals surface area contributed by atoms with E-state index in [0.29, 0.717) is 13.1 Å². The number of benzene rings is 1. The Morgan fingerprint density at radius 3 is 2.67 bits per heavy atom. The summed E-state index contributed by atoms with van der Waals surface area (Å²) in [7, 11) is 3.90. The Labute approximate surface area is 145 Å². The highest BCUT2D eigenvalue weighted by Crippen LogP contribution is 2.17. The Morgan fingerprint density at radius 1 is 1.33 bits per heavy atom. The van der Waals surface area contributed by atoms with Gasteiger partial charge in [-0.1, -0.05) is 13.0 Å². The van der Waals surface area contributed by atoms with E-state index in [0.717, 1.165) is 42.6 Å². The SMILES string of the molecule is CCNC(=NCc1ccc(F)c(CN(C)C)c1)N1CCC(C)CC1. The molecule has 0 saturated carbocycles. The number of hydrogen-bond donors (Lipinski definition) is 1. The zero-order chi connectivity index (χ0) is 17.5. The second-order valence-corrected chi connectivity index (χ2v) is 7.00. The molecule has 1 aromatic carbocycles. The Kier molecular flexibility index (Phi) is 7.03. The summed E-state index contributed by atoms with van der Waals surface area (Å²) in [5.41, 5.74) is 1.78. The molecule has 1 heterocycles. The molecule has 0 bridgehead atoms. The Bertz CT molecular complexity index is 548. The summed E-state index contributed by atoms with van der Waals surface area (Å²) in [4.78, 5) is 9.10. The van der Waals surface area contributed by atoms with Crippen LogP contribution >= 0.6 is 0 Å². The minimum absolute atomic E-state index is 0.145. The summed E-state index contributed by atoms with van der Waals surface area (Å²) in [5, 5.41) is 3.39. The summed E-state index contributed by atoms with van der Waals surface area (Å²) in [6.45, 7) is 8.56. The quantitative estimate of drug-likeness (QED) is 0.663. The summed E-state index contributed by atoms with van der Waals surface area (Å²) < 4.78 is 13.9. The van der Waals surface area contributed by atoms with E-state index in [1.54, 1.807) is 6.07 Å². The van der Waals surface area contributed by atoms with Gasteiger partial charge in [-0.2, -0.15) is 0 Å². The summed E-state index contributed by atoms with van der Waals surface area (Å²) >= 11 is 0.